The standard InChI is InChI=1S/C14H20N2O/c1-8-6-10(15)9(2)12-13(8)17-11(16-12)7-14(3,4)5/h6H,7,15H2,1-5H3. The van der Waals surface area contributed by atoms with Gasteiger partial charge in [0.05, 0.1) is 0 Å². The quantitative estimate of drug-likeness (QED) is 0.764. The fourth-order valence-electron chi connectivity index (χ4n) is 1.96. The van der Waals surface area contributed by atoms with E-state index in [9.17, 15) is 0 Å². The predicted octanol–water partition coefficient (Wildman–Crippen LogP) is 3.62. The first-order valence-electron chi connectivity index (χ1n) is 5.93. The van der Waals surface area contributed by atoms with Crippen molar-refractivity contribution in [3.05, 3.63) is 23.1 Å². The molecule has 0 aliphatic carbocycles. The van der Waals surface area contributed by atoms with Crippen molar-refractivity contribution in [1.29, 1.82) is 0 Å². The Morgan fingerprint density at radius 3 is 2.53 bits per heavy atom. The third kappa shape index (κ3) is 2.28. The Labute approximate surface area is 102 Å². The van der Waals surface area contributed by atoms with Crippen LogP contribution < -0.4 is 5.73 Å². The number of aryl methyl sites for hydroxylation is 2. The summed E-state index contributed by atoms with van der Waals surface area (Å²) in [6.45, 7) is 10.5. The smallest absolute Gasteiger partial charge is 0.196 e. The summed E-state index contributed by atoms with van der Waals surface area (Å²) < 4.78 is 5.84. The first-order valence-corrected chi connectivity index (χ1v) is 5.93. The Balaban J connectivity index is 2.58. The fourth-order valence-corrected chi connectivity index (χ4v) is 1.96. The normalized spacial score (nSPS) is 12.3. The molecule has 92 valence electrons. The van der Waals surface area contributed by atoms with E-state index in [0.717, 1.165) is 40.2 Å². The van der Waals surface area contributed by atoms with Crippen molar-refractivity contribution < 1.29 is 4.42 Å². The van der Waals surface area contributed by atoms with E-state index in [4.69, 9.17) is 10.2 Å². The summed E-state index contributed by atoms with van der Waals surface area (Å²) in [7, 11) is 0. The SMILES string of the molecule is Cc1c(N)cc(C)c2oc(CC(C)(C)C)nc12. The van der Waals surface area contributed by atoms with E-state index in [2.05, 4.69) is 25.8 Å². The number of oxazole rings is 1. The lowest BCUT2D eigenvalue weighted by Gasteiger charge is -2.14. The van der Waals surface area contributed by atoms with Crippen LogP contribution in [0.5, 0.6) is 0 Å². The number of rotatable bonds is 1. The maximum Gasteiger partial charge on any atom is 0.196 e. The molecule has 17 heavy (non-hydrogen) atoms. The van der Waals surface area contributed by atoms with Crippen LogP contribution in [0, 0.1) is 19.3 Å². The van der Waals surface area contributed by atoms with E-state index in [1.54, 1.807) is 0 Å². The molecule has 0 aliphatic heterocycles. The Bertz CT molecular complexity index is 562. The van der Waals surface area contributed by atoms with Crippen molar-refractivity contribution in [3.63, 3.8) is 0 Å². The van der Waals surface area contributed by atoms with Gasteiger partial charge < -0.3 is 10.2 Å². The highest BCUT2D eigenvalue weighted by atomic mass is 16.3. The van der Waals surface area contributed by atoms with Gasteiger partial charge >= 0.3 is 0 Å². The molecule has 0 amide bonds. The van der Waals surface area contributed by atoms with Crippen molar-refractivity contribution >= 4 is 16.8 Å². The van der Waals surface area contributed by atoms with Crippen LogP contribution in [0.1, 0.15) is 37.8 Å². The van der Waals surface area contributed by atoms with Crippen LogP contribution in [0.3, 0.4) is 0 Å². The monoisotopic (exact) mass is 232 g/mol. The number of hydrogen-bond donors (Lipinski definition) is 1. The zero-order valence-electron chi connectivity index (χ0n) is 11.2. The first kappa shape index (κ1) is 12.0. The van der Waals surface area contributed by atoms with Gasteiger partial charge in [0.2, 0.25) is 0 Å². The van der Waals surface area contributed by atoms with Gasteiger partial charge in [0.15, 0.2) is 11.5 Å². The predicted molar refractivity (Wildman–Crippen MR) is 71.1 cm³/mol. The first-order chi connectivity index (χ1) is 7.78. The molecule has 2 rings (SSSR count). The highest BCUT2D eigenvalue weighted by Crippen LogP contribution is 2.29. The van der Waals surface area contributed by atoms with E-state index in [-0.39, 0.29) is 5.41 Å². The van der Waals surface area contributed by atoms with Crippen molar-refractivity contribution in [1.82, 2.24) is 4.98 Å². The van der Waals surface area contributed by atoms with Crippen molar-refractivity contribution in [3.8, 4) is 0 Å². The van der Waals surface area contributed by atoms with Gasteiger partial charge in [-0.3, -0.25) is 0 Å². The summed E-state index contributed by atoms with van der Waals surface area (Å²) in [6.07, 6.45) is 0.834. The van der Waals surface area contributed by atoms with Crippen LogP contribution in [0.2, 0.25) is 0 Å². The second-order valence-electron chi connectivity index (χ2n) is 5.93. The third-order valence-electron chi connectivity index (χ3n) is 2.87. The van der Waals surface area contributed by atoms with Gasteiger partial charge in [0.1, 0.15) is 5.52 Å². The number of benzene rings is 1. The van der Waals surface area contributed by atoms with Crippen LogP contribution >= 0.6 is 0 Å². The zero-order valence-corrected chi connectivity index (χ0v) is 11.2. The van der Waals surface area contributed by atoms with Crippen LogP contribution in [-0.2, 0) is 6.42 Å². The fraction of sp³-hybridized carbons (Fsp3) is 0.500. The van der Waals surface area contributed by atoms with Crippen LogP contribution in [-0.4, -0.2) is 4.98 Å². The van der Waals surface area contributed by atoms with Gasteiger partial charge in [0.25, 0.3) is 0 Å². The lowest BCUT2D eigenvalue weighted by atomic mass is 9.92. The lowest BCUT2D eigenvalue weighted by Crippen LogP contribution is -2.09. The number of nitrogen functional groups attached to an aromatic ring is 1. The second kappa shape index (κ2) is 3.76. The minimum Gasteiger partial charge on any atom is -0.440 e. The molecule has 0 bridgehead atoms. The number of nitrogens with zero attached hydrogens (tertiary/aromatic N) is 1. The molecule has 0 aliphatic rings. The average molecular weight is 232 g/mol. The number of nitrogens with two attached hydrogens (primary N) is 1. The molecule has 1 aromatic heterocycles. The van der Waals surface area contributed by atoms with Crippen LogP contribution in [0.4, 0.5) is 5.69 Å². The molecule has 1 aromatic carbocycles. The maximum absolute atomic E-state index is 5.94. The topological polar surface area (TPSA) is 52.0 Å². The highest BCUT2D eigenvalue weighted by molar-refractivity contribution is 5.84. The van der Waals surface area contributed by atoms with Crippen molar-refractivity contribution in [2.24, 2.45) is 5.41 Å². The number of hydrogen-bond acceptors (Lipinski definition) is 3. The molecule has 2 aromatic rings. The van der Waals surface area contributed by atoms with Crippen LogP contribution in [0.15, 0.2) is 10.5 Å². The lowest BCUT2D eigenvalue weighted by molar-refractivity contribution is 0.361. The molecule has 0 atom stereocenters. The molecule has 0 spiro atoms. The molecule has 3 heteroatoms. The molecule has 0 saturated heterocycles. The molecule has 0 radical (unpaired) electrons. The van der Waals surface area contributed by atoms with Gasteiger partial charge in [-0.15, -0.1) is 0 Å². The van der Waals surface area contributed by atoms with Crippen molar-refractivity contribution in [2.75, 3.05) is 5.73 Å². The number of anilines is 1. The van der Waals surface area contributed by atoms with Gasteiger partial charge in [-0.1, -0.05) is 20.8 Å². The van der Waals surface area contributed by atoms with E-state index in [1.165, 1.54) is 0 Å². The summed E-state index contributed by atoms with van der Waals surface area (Å²) in [5.74, 6) is 0.796. The molecule has 2 N–H and O–H groups in total. The maximum atomic E-state index is 5.94. The Kier molecular flexibility index (Phi) is 2.64. The van der Waals surface area contributed by atoms with E-state index >= 15 is 0 Å². The summed E-state index contributed by atoms with van der Waals surface area (Å²) in [6, 6.07) is 1.95. The molecule has 0 saturated carbocycles. The van der Waals surface area contributed by atoms with Crippen LogP contribution in [0.25, 0.3) is 11.1 Å². The van der Waals surface area contributed by atoms with Gasteiger partial charge in [-0.2, -0.15) is 0 Å². The second-order valence-corrected chi connectivity index (χ2v) is 5.93. The Hall–Kier alpha value is -1.51. The van der Waals surface area contributed by atoms with E-state index in [1.807, 2.05) is 19.9 Å². The third-order valence-corrected chi connectivity index (χ3v) is 2.87. The van der Waals surface area contributed by atoms with E-state index in [0.29, 0.717) is 0 Å². The van der Waals surface area contributed by atoms with Gasteiger partial charge in [0, 0.05) is 17.7 Å². The summed E-state index contributed by atoms with van der Waals surface area (Å²) >= 11 is 0. The minimum absolute atomic E-state index is 0.175. The van der Waals surface area contributed by atoms with Gasteiger partial charge in [-0.25, -0.2) is 4.98 Å². The molecule has 1 heterocycles. The molecule has 0 unspecified atom stereocenters. The highest BCUT2D eigenvalue weighted by Gasteiger charge is 2.18. The number of aromatic nitrogens is 1. The zero-order chi connectivity index (χ0) is 12.8. The molecular formula is C14H20N2O. The summed E-state index contributed by atoms with van der Waals surface area (Å²) in [5.41, 5.74) is 10.7. The average Bonchev–Trinajstić information content (AvgIpc) is 2.56. The van der Waals surface area contributed by atoms with Crippen molar-refractivity contribution in [2.45, 2.75) is 41.0 Å². The Morgan fingerprint density at radius 2 is 1.94 bits per heavy atom. The largest absolute Gasteiger partial charge is 0.440 e. The van der Waals surface area contributed by atoms with E-state index < -0.39 is 0 Å². The number of fused-ring (bicyclic) bond motifs is 1. The molecular weight excluding hydrogens is 212 g/mol. The molecule has 3 nitrogen and oxygen atoms in total. The summed E-state index contributed by atoms with van der Waals surface area (Å²) in [4.78, 5) is 4.57. The minimum atomic E-state index is 0.175. The van der Waals surface area contributed by atoms with Gasteiger partial charge in [-0.05, 0) is 30.9 Å². The Morgan fingerprint density at radius 1 is 1.29 bits per heavy atom. The summed E-state index contributed by atoms with van der Waals surface area (Å²) in [5, 5.41) is 0. The molecule has 0 fully saturated rings.